The zero-order chi connectivity index (χ0) is 34.9. The fourth-order valence-electron chi connectivity index (χ4n) is 7.05. The highest BCUT2D eigenvalue weighted by molar-refractivity contribution is 7.93. The number of carbonyl (C=O) groups is 2. The van der Waals surface area contributed by atoms with Crippen molar-refractivity contribution in [3.63, 3.8) is 0 Å². The van der Waals surface area contributed by atoms with Crippen molar-refractivity contribution in [1.29, 1.82) is 0 Å². The van der Waals surface area contributed by atoms with Crippen LogP contribution in [0.25, 0.3) is 0 Å². The van der Waals surface area contributed by atoms with Gasteiger partial charge in [-0.15, -0.1) is 24.8 Å². The number of carbonyl (C=O) groups excluding carboxylic acids is 2. The SMILES string of the molecule is CCOc1ccccc1C1(NC(=O)N2CCC(N3CCN(C)CC3)CC2)C(=O)N(S(=O)(=O)c2ccc(OC)cc2OC)c2ccc(Cl)cc21.Cl.Cl. The van der Waals surface area contributed by atoms with Crippen LogP contribution in [0.4, 0.5) is 10.5 Å². The standard InChI is InChI=1S/C35H42ClN5O7S.2ClH/c1-5-48-30-9-7-6-8-27(30)35(37-34(43)40-16-14-25(15-17-40)39-20-18-38(2)19-21-39)28-22-24(36)10-12-29(28)41(33(35)42)49(44,45)32-13-11-26(46-3)23-31(32)47-4;;/h6-13,22-23,25H,5,14-21H2,1-4H3,(H,37,43);2*1H. The Balaban J connectivity index is 0.00000292. The quantitative estimate of drug-likeness (QED) is 0.320. The second kappa shape index (κ2) is 16.5. The van der Waals surface area contributed by atoms with Gasteiger partial charge in [-0.2, -0.15) is 4.31 Å². The van der Waals surface area contributed by atoms with Crippen LogP contribution in [0, 0.1) is 0 Å². The number of piperidine rings is 1. The first-order valence-electron chi connectivity index (χ1n) is 16.4. The number of likely N-dealkylation sites (N-methyl/N-ethyl adjacent to an activating group) is 1. The Morgan fingerprint density at radius 2 is 1.59 bits per heavy atom. The molecule has 16 heteroatoms. The molecule has 3 aliphatic heterocycles. The van der Waals surface area contributed by atoms with Crippen LogP contribution < -0.4 is 23.8 Å². The number of piperazine rings is 1. The lowest BCUT2D eigenvalue weighted by Gasteiger charge is -2.42. The Kier molecular flexibility index (Phi) is 13.0. The average molecular weight is 785 g/mol. The number of nitrogens with zero attached hydrogens (tertiary/aromatic N) is 4. The zero-order valence-electron chi connectivity index (χ0n) is 29.0. The van der Waals surface area contributed by atoms with Gasteiger partial charge in [-0.3, -0.25) is 9.69 Å². The number of anilines is 1. The van der Waals surface area contributed by atoms with E-state index in [4.69, 9.17) is 25.8 Å². The number of methoxy groups -OCH3 is 2. The number of amides is 3. The van der Waals surface area contributed by atoms with Gasteiger partial charge in [0, 0.05) is 67.5 Å². The molecule has 6 rings (SSSR count). The van der Waals surface area contributed by atoms with Crippen molar-refractivity contribution in [2.45, 2.75) is 36.2 Å². The first kappa shape index (κ1) is 40.3. The van der Waals surface area contributed by atoms with Crippen LogP contribution in [0.1, 0.15) is 30.9 Å². The Bertz CT molecular complexity index is 1840. The maximum atomic E-state index is 15.1. The fourth-order valence-corrected chi connectivity index (χ4v) is 8.83. The van der Waals surface area contributed by atoms with Crippen LogP contribution in [0.15, 0.2) is 65.6 Å². The molecule has 0 spiro atoms. The van der Waals surface area contributed by atoms with Gasteiger partial charge in [0.2, 0.25) is 0 Å². The minimum atomic E-state index is -4.62. The van der Waals surface area contributed by atoms with Gasteiger partial charge in [-0.1, -0.05) is 29.8 Å². The highest BCUT2D eigenvalue weighted by Gasteiger charge is 2.59. The molecule has 0 bridgehead atoms. The van der Waals surface area contributed by atoms with E-state index >= 15 is 4.79 Å². The molecular formula is C35H44Cl3N5O7S. The summed E-state index contributed by atoms with van der Waals surface area (Å²) in [6, 6.07) is 15.4. The third-order valence-corrected chi connectivity index (χ3v) is 11.6. The Hall–Kier alpha value is -3.46. The lowest BCUT2D eigenvalue weighted by atomic mass is 9.83. The van der Waals surface area contributed by atoms with Crippen molar-refractivity contribution >= 4 is 64.1 Å². The average Bonchev–Trinajstić information content (AvgIpc) is 3.36. The second-order valence-corrected chi connectivity index (χ2v) is 14.6. The molecule has 0 saturated carbocycles. The number of para-hydroxylation sites is 1. The van der Waals surface area contributed by atoms with E-state index in [9.17, 15) is 13.2 Å². The molecule has 3 heterocycles. The zero-order valence-corrected chi connectivity index (χ0v) is 32.2. The van der Waals surface area contributed by atoms with E-state index in [1.807, 2.05) is 0 Å². The number of benzene rings is 3. The van der Waals surface area contributed by atoms with Gasteiger partial charge >= 0.3 is 6.03 Å². The largest absolute Gasteiger partial charge is 0.497 e. The lowest BCUT2D eigenvalue weighted by molar-refractivity contribution is -0.121. The van der Waals surface area contributed by atoms with Crippen molar-refractivity contribution in [2.24, 2.45) is 0 Å². The summed E-state index contributed by atoms with van der Waals surface area (Å²) in [6.07, 6.45) is 1.57. The van der Waals surface area contributed by atoms with E-state index < -0.39 is 27.5 Å². The molecule has 2 saturated heterocycles. The monoisotopic (exact) mass is 783 g/mol. The van der Waals surface area contributed by atoms with E-state index in [1.54, 1.807) is 36.1 Å². The molecule has 3 aromatic rings. The highest BCUT2D eigenvalue weighted by Crippen LogP contribution is 2.50. The predicted molar refractivity (Wildman–Crippen MR) is 201 cm³/mol. The van der Waals surface area contributed by atoms with Gasteiger partial charge in [-0.05, 0) is 63.2 Å². The lowest BCUT2D eigenvalue weighted by Crippen LogP contribution is -2.59. The number of urea groups is 1. The molecule has 1 atom stereocenters. The number of hydrogen-bond acceptors (Lipinski definition) is 9. The van der Waals surface area contributed by atoms with Crippen LogP contribution in [0.2, 0.25) is 5.02 Å². The number of halogens is 3. The third-order valence-electron chi connectivity index (χ3n) is 9.67. The summed E-state index contributed by atoms with van der Waals surface area (Å²) >= 11 is 6.56. The number of ether oxygens (including phenoxy) is 3. The fraction of sp³-hybridized carbons (Fsp3) is 0.429. The summed E-state index contributed by atoms with van der Waals surface area (Å²) in [5.74, 6) is -0.225. The number of fused-ring (bicyclic) bond motifs is 1. The molecule has 0 aromatic heterocycles. The third kappa shape index (κ3) is 7.42. The maximum absolute atomic E-state index is 15.1. The van der Waals surface area contributed by atoms with Gasteiger partial charge in [-0.25, -0.2) is 13.2 Å². The summed E-state index contributed by atoms with van der Waals surface area (Å²) < 4.78 is 46.6. The molecule has 1 N–H and O–H groups in total. The molecule has 51 heavy (non-hydrogen) atoms. The van der Waals surface area contributed by atoms with E-state index in [0.29, 0.717) is 30.6 Å². The van der Waals surface area contributed by atoms with Crippen LogP contribution in [-0.2, 0) is 20.4 Å². The van der Waals surface area contributed by atoms with Gasteiger partial charge < -0.3 is 29.3 Å². The number of nitrogens with one attached hydrogen (secondary N) is 1. The number of rotatable bonds is 9. The van der Waals surface area contributed by atoms with Crippen molar-refractivity contribution in [2.75, 3.05) is 71.4 Å². The van der Waals surface area contributed by atoms with E-state index in [1.165, 1.54) is 50.6 Å². The summed E-state index contributed by atoms with van der Waals surface area (Å²) in [7, 11) is 0.289. The van der Waals surface area contributed by atoms with Crippen LogP contribution in [0.3, 0.4) is 0 Å². The molecule has 0 aliphatic carbocycles. The number of likely N-dealkylation sites (tertiary alicyclic amines) is 1. The first-order chi connectivity index (χ1) is 23.5. The topological polar surface area (TPSA) is 121 Å². The molecule has 0 radical (unpaired) electrons. The number of hydrogen-bond donors (Lipinski definition) is 1. The van der Waals surface area contributed by atoms with Gasteiger partial charge in [0.15, 0.2) is 5.54 Å². The molecule has 3 aliphatic rings. The summed E-state index contributed by atoms with van der Waals surface area (Å²) in [6.45, 7) is 7.02. The first-order valence-corrected chi connectivity index (χ1v) is 18.2. The van der Waals surface area contributed by atoms with Gasteiger partial charge in [0.25, 0.3) is 15.9 Å². The molecule has 2 fully saturated rings. The molecule has 12 nitrogen and oxygen atoms in total. The van der Waals surface area contributed by atoms with Crippen LogP contribution in [0.5, 0.6) is 17.2 Å². The number of sulfonamides is 1. The van der Waals surface area contributed by atoms with Crippen molar-refractivity contribution < 1.29 is 32.2 Å². The van der Waals surface area contributed by atoms with Crippen molar-refractivity contribution in [3.05, 3.63) is 76.8 Å². The molecule has 1 unspecified atom stereocenters. The summed E-state index contributed by atoms with van der Waals surface area (Å²) in [5.41, 5.74) is -1.48. The Morgan fingerprint density at radius 1 is 0.902 bits per heavy atom. The second-order valence-electron chi connectivity index (χ2n) is 12.4. The van der Waals surface area contributed by atoms with Gasteiger partial charge in [0.1, 0.15) is 22.1 Å². The van der Waals surface area contributed by atoms with E-state index in [-0.39, 0.29) is 63.9 Å². The van der Waals surface area contributed by atoms with Crippen LogP contribution in [-0.4, -0.2) is 108 Å². The minimum Gasteiger partial charge on any atom is -0.497 e. The van der Waals surface area contributed by atoms with E-state index in [0.717, 1.165) is 43.3 Å². The van der Waals surface area contributed by atoms with E-state index in [2.05, 4.69) is 22.2 Å². The summed E-state index contributed by atoms with van der Waals surface area (Å²) in [5, 5.41) is 3.29. The molecule has 3 aromatic carbocycles. The van der Waals surface area contributed by atoms with Crippen LogP contribution >= 0.6 is 36.4 Å². The predicted octanol–water partition coefficient (Wildman–Crippen LogP) is 5.00. The molecule has 3 amide bonds. The van der Waals surface area contributed by atoms with Gasteiger partial charge in [0.05, 0.1) is 26.5 Å². The van der Waals surface area contributed by atoms with Crippen molar-refractivity contribution in [3.8, 4) is 17.2 Å². The minimum absolute atomic E-state index is 0. The Morgan fingerprint density at radius 3 is 2.24 bits per heavy atom. The maximum Gasteiger partial charge on any atom is 0.318 e. The van der Waals surface area contributed by atoms with Crippen molar-refractivity contribution in [1.82, 2.24) is 20.0 Å². The molecule has 278 valence electrons. The Labute approximate surface area is 316 Å². The summed E-state index contributed by atoms with van der Waals surface area (Å²) in [4.78, 5) is 35.7. The molecular weight excluding hydrogens is 741 g/mol. The normalized spacial score (nSPS) is 19.8. The smallest absolute Gasteiger partial charge is 0.318 e. The highest BCUT2D eigenvalue weighted by atomic mass is 35.5.